The molecule has 26 heavy (non-hydrogen) atoms. The number of rotatable bonds is 5. The third-order valence-electron chi connectivity index (χ3n) is 4.02. The van der Waals surface area contributed by atoms with Gasteiger partial charge in [0, 0.05) is 23.8 Å². The topological polar surface area (TPSA) is 41.2 Å². The second-order valence-electron chi connectivity index (χ2n) is 6.00. The fourth-order valence-corrected chi connectivity index (χ4v) is 2.69. The molecule has 0 amide bonds. The number of pyridine rings is 1. The number of aromatic carboxylic acids is 1. The molecule has 0 saturated carbocycles. The van der Waals surface area contributed by atoms with E-state index in [4.69, 9.17) is 5.11 Å². The first-order valence-electron chi connectivity index (χ1n) is 8.17. The normalized spacial score (nSPS) is 10.5. The van der Waals surface area contributed by atoms with Crippen molar-refractivity contribution in [3.05, 3.63) is 101 Å². The minimum Gasteiger partial charge on any atom is -1.00 e. The fourth-order valence-electron chi connectivity index (χ4n) is 2.69. The SMILES string of the molecule is Cc1cccc(/C=C/c2cccc[n+]2Cc2ccc(C(=O)O)cc2)c1.[Cl-]. The van der Waals surface area contributed by atoms with Gasteiger partial charge in [0.15, 0.2) is 12.7 Å². The highest BCUT2D eigenvalue weighted by Gasteiger charge is 2.09. The lowest BCUT2D eigenvalue weighted by Gasteiger charge is -2.02. The van der Waals surface area contributed by atoms with Gasteiger partial charge < -0.3 is 17.5 Å². The highest BCUT2D eigenvalue weighted by atomic mass is 35.5. The Bertz CT molecular complexity index is 917. The van der Waals surface area contributed by atoms with Crippen molar-refractivity contribution >= 4 is 18.1 Å². The summed E-state index contributed by atoms with van der Waals surface area (Å²) in [5.74, 6) is -0.902. The Morgan fingerprint density at radius 3 is 2.46 bits per heavy atom. The predicted octanol–water partition coefficient (Wildman–Crippen LogP) is 1.20. The molecular formula is C22H20ClNO2. The van der Waals surface area contributed by atoms with Crippen molar-refractivity contribution in [1.29, 1.82) is 0 Å². The minimum atomic E-state index is -0.902. The summed E-state index contributed by atoms with van der Waals surface area (Å²) in [5, 5.41) is 8.99. The molecule has 0 atom stereocenters. The van der Waals surface area contributed by atoms with Crippen LogP contribution in [0.25, 0.3) is 12.2 Å². The molecule has 0 saturated heterocycles. The molecule has 0 unspecified atom stereocenters. The van der Waals surface area contributed by atoms with Crippen molar-refractivity contribution < 1.29 is 26.9 Å². The van der Waals surface area contributed by atoms with Gasteiger partial charge in [-0.05, 0) is 36.8 Å². The first-order chi connectivity index (χ1) is 12.1. The Labute approximate surface area is 159 Å². The number of aromatic nitrogens is 1. The van der Waals surface area contributed by atoms with E-state index < -0.39 is 5.97 Å². The molecule has 1 N–H and O–H groups in total. The third kappa shape index (κ3) is 5.04. The van der Waals surface area contributed by atoms with Crippen LogP contribution in [0.5, 0.6) is 0 Å². The quantitative estimate of drug-likeness (QED) is 0.690. The van der Waals surface area contributed by atoms with Crippen molar-refractivity contribution in [2.24, 2.45) is 0 Å². The van der Waals surface area contributed by atoms with Crippen LogP contribution < -0.4 is 17.0 Å². The number of aryl methyl sites for hydroxylation is 1. The zero-order chi connectivity index (χ0) is 17.6. The Hall–Kier alpha value is -2.91. The van der Waals surface area contributed by atoms with Crippen LogP contribution in [-0.4, -0.2) is 11.1 Å². The van der Waals surface area contributed by atoms with E-state index in [1.807, 2.05) is 30.5 Å². The number of hydrogen-bond acceptors (Lipinski definition) is 1. The van der Waals surface area contributed by atoms with E-state index in [0.29, 0.717) is 12.1 Å². The number of carboxylic acids is 1. The van der Waals surface area contributed by atoms with Crippen LogP contribution in [0.1, 0.15) is 32.7 Å². The van der Waals surface area contributed by atoms with E-state index in [1.54, 1.807) is 12.1 Å². The fraction of sp³-hybridized carbons (Fsp3) is 0.0909. The molecule has 0 spiro atoms. The maximum atomic E-state index is 11.0. The van der Waals surface area contributed by atoms with Crippen LogP contribution in [0.3, 0.4) is 0 Å². The zero-order valence-corrected chi connectivity index (χ0v) is 15.2. The van der Waals surface area contributed by atoms with E-state index in [9.17, 15) is 4.79 Å². The molecule has 0 radical (unpaired) electrons. The zero-order valence-electron chi connectivity index (χ0n) is 14.5. The van der Waals surface area contributed by atoms with Gasteiger partial charge in [0.25, 0.3) is 0 Å². The summed E-state index contributed by atoms with van der Waals surface area (Å²) < 4.78 is 2.14. The highest BCUT2D eigenvalue weighted by Crippen LogP contribution is 2.09. The number of carbonyl (C=O) groups is 1. The lowest BCUT2D eigenvalue weighted by atomic mass is 10.1. The second-order valence-corrected chi connectivity index (χ2v) is 6.00. The molecule has 1 heterocycles. The predicted molar refractivity (Wildman–Crippen MR) is 99.2 cm³/mol. The molecule has 0 aliphatic heterocycles. The number of benzene rings is 2. The van der Waals surface area contributed by atoms with Gasteiger partial charge >= 0.3 is 5.97 Å². The van der Waals surface area contributed by atoms with Crippen LogP contribution >= 0.6 is 0 Å². The van der Waals surface area contributed by atoms with Gasteiger partial charge in [0.1, 0.15) is 0 Å². The van der Waals surface area contributed by atoms with E-state index in [2.05, 4.69) is 54.0 Å². The van der Waals surface area contributed by atoms with Gasteiger partial charge in [-0.2, -0.15) is 4.57 Å². The van der Waals surface area contributed by atoms with E-state index in [0.717, 1.165) is 11.3 Å². The van der Waals surface area contributed by atoms with Gasteiger partial charge in [0.2, 0.25) is 5.69 Å². The summed E-state index contributed by atoms with van der Waals surface area (Å²) >= 11 is 0. The van der Waals surface area contributed by atoms with Crippen LogP contribution in [-0.2, 0) is 6.54 Å². The molecule has 1 aromatic heterocycles. The standard InChI is InChI=1S/C22H19NO2.ClH/c1-17-5-4-6-18(15-17)10-13-21-7-2-3-14-23(21)16-19-8-11-20(12-9-19)22(24)25;/h2-15H,16H2,1H3;1H/b13-10+;. The number of hydrogen-bond donors (Lipinski definition) is 1. The number of nitrogens with zero attached hydrogens (tertiary/aromatic N) is 1. The van der Waals surface area contributed by atoms with Gasteiger partial charge in [-0.3, -0.25) is 0 Å². The number of carboxylic acid groups (broad SMARTS) is 1. The Balaban J connectivity index is 0.00000243. The molecular weight excluding hydrogens is 346 g/mol. The molecule has 3 rings (SSSR count). The van der Waals surface area contributed by atoms with Gasteiger partial charge in [-0.15, -0.1) is 0 Å². The van der Waals surface area contributed by atoms with Crippen LogP contribution in [0.15, 0.2) is 72.9 Å². The second kappa shape index (κ2) is 8.97. The summed E-state index contributed by atoms with van der Waals surface area (Å²) in [4.78, 5) is 11.0. The number of halogens is 1. The first kappa shape index (κ1) is 19.4. The molecule has 0 bridgehead atoms. The van der Waals surface area contributed by atoms with Crippen molar-refractivity contribution in [2.75, 3.05) is 0 Å². The van der Waals surface area contributed by atoms with Crippen molar-refractivity contribution in [1.82, 2.24) is 0 Å². The van der Waals surface area contributed by atoms with Crippen LogP contribution in [0.4, 0.5) is 0 Å². The molecule has 3 nitrogen and oxygen atoms in total. The summed E-state index contributed by atoms with van der Waals surface area (Å²) in [6.07, 6.45) is 6.23. The Kier molecular flexibility index (Phi) is 6.70. The average Bonchev–Trinajstić information content (AvgIpc) is 2.61. The lowest BCUT2D eigenvalue weighted by molar-refractivity contribution is -0.690. The van der Waals surface area contributed by atoms with Gasteiger partial charge in [-0.1, -0.05) is 42.0 Å². The van der Waals surface area contributed by atoms with Crippen molar-refractivity contribution in [3.8, 4) is 0 Å². The monoisotopic (exact) mass is 365 g/mol. The third-order valence-corrected chi connectivity index (χ3v) is 4.02. The molecule has 3 aromatic rings. The maximum Gasteiger partial charge on any atom is 0.335 e. The van der Waals surface area contributed by atoms with Crippen LogP contribution in [0, 0.1) is 6.92 Å². The summed E-state index contributed by atoms with van der Waals surface area (Å²) in [7, 11) is 0. The maximum absolute atomic E-state index is 11.0. The Morgan fingerprint density at radius 1 is 1.00 bits per heavy atom. The van der Waals surface area contributed by atoms with Crippen molar-refractivity contribution in [2.45, 2.75) is 13.5 Å². The van der Waals surface area contributed by atoms with Gasteiger partial charge in [0.05, 0.1) is 5.56 Å². The molecule has 0 aliphatic rings. The highest BCUT2D eigenvalue weighted by molar-refractivity contribution is 5.87. The smallest absolute Gasteiger partial charge is 0.335 e. The molecule has 4 heteroatoms. The molecule has 0 fully saturated rings. The minimum absolute atomic E-state index is 0. The largest absolute Gasteiger partial charge is 1.00 e. The summed E-state index contributed by atoms with van der Waals surface area (Å²) in [6, 6.07) is 21.4. The van der Waals surface area contributed by atoms with E-state index >= 15 is 0 Å². The molecule has 0 aliphatic carbocycles. The van der Waals surface area contributed by atoms with E-state index in [1.165, 1.54) is 11.1 Å². The average molecular weight is 366 g/mol. The lowest BCUT2D eigenvalue weighted by Crippen LogP contribution is -3.00. The molecule has 132 valence electrons. The summed E-state index contributed by atoms with van der Waals surface area (Å²) in [6.45, 7) is 2.77. The molecule has 2 aromatic carbocycles. The first-order valence-corrected chi connectivity index (χ1v) is 8.17. The van der Waals surface area contributed by atoms with Crippen LogP contribution in [0.2, 0.25) is 0 Å². The van der Waals surface area contributed by atoms with Crippen molar-refractivity contribution in [3.63, 3.8) is 0 Å². The Morgan fingerprint density at radius 2 is 1.77 bits per heavy atom. The summed E-state index contributed by atoms with van der Waals surface area (Å²) in [5.41, 5.74) is 4.86. The van der Waals surface area contributed by atoms with Gasteiger partial charge in [-0.25, -0.2) is 4.79 Å². The van der Waals surface area contributed by atoms with E-state index in [-0.39, 0.29) is 12.4 Å².